The molecule has 0 saturated carbocycles. The molecule has 0 fully saturated rings. The summed E-state index contributed by atoms with van der Waals surface area (Å²) in [6.45, 7) is 4.38. The van der Waals surface area contributed by atoms with Crippen LogP contribution in [0.1, 0.15) is 113 Å². The van der Waals surface area contributed by atoms with Crippen LogP contribution in [0.5, 0.6) is 0 Å². The first kappa shape index (κ1) is 23.2. The minimum atomic E-state index is -0.273. The SMILES string of the molecule is CCCCCCCCCCCCC(CCC)OC(=O)c1ccc(C#N)cc1. The Morgan fingerprint density at radius 1 is 0.852 bits per heavy atom. The molecule has 0 radical (unpaired) electrons. The molecule has 0 aromatic heterocycles. The van der Waals surface area contributed by atoms with E-state index in [4.69, 9.17) is 10.00 Å². The topological polar surface area (TPSA) is 50.1 Å². The van der Waals surface area contributed by atoms with Crippen molar-refractivity contribution in [2.45, 2.75) is 103 Å². The average molecular weight is 372 g/mol. The van der Waals surface area contributed by atoms with Crippen molar-refractivity contribution in [3.05, 3.63) is 35.4 Å². The molecule has 0 aliphatic heterocycles. The molecule has 0 aliphatic rings. The molecule has 3 nitrogen and oxygen atoms in total. The second kappa shape index (κ2) is 15.3. The van der Waals surface area contributed by atoms with Crippen LogP contribution in [0.4, 0.5) is 0 Å². The van der Waals surface area contributed by atoms with Gasteiger partial charge in [-0.15, -0.1) is 0 Å². The summed E-state index contributed by atoms with van der Waals surface area (Å²) in [5.74, 6) is -0.273. The average Bonchev–Trinajstić information content (AvgIpc) is 2.69. The summed E-state index contributed by atoms with van der Waals surface area (Å²) in [5, 5.41) is 8.84. The van der Waals surface area contributed by atoms with Crippen molar-refractivity contribution in [2.75, 3.05) is 0 Å². The number of carbonyl (C=O) groups excluding carboxylic acids is 1. The Hall–Kier alpha value is -1.82. The third-order valence-electron chi connectivity index (χ3n) is 5.01. The van der Waals surface area contributed by atoms with Crippen molar-refractivity contribution in [3.63, 3.8) is 0 Å². The molecule has 0 heterocycles. The van der Waals surface area contributed by atoms with Gasteiger partial charge in [0.15, 0.2) is 0 Å². The maximum Gasteiger partial charge on any atom is 0.338 e. The van der Waals surface area contributed by atoms with Gasteiger partial charge in [0.2, 0.25) is 0 Å². The third-order valence-corrected chi connectivity index (χ3v) is 5.01. The number of benzene rings is 1. The normalized spacial score (nSPS) is 11.7. The Labute approximate surface area is 166 Å². The highest BCUT2D eigenvalue weighted by molar-refractivity contribution is 5.89. The second-order valence-electron chi connectivity index (χ2n) is 7.48. The predicted molar refractivity (Wildman–Crippen MR) is 112 cm³/mol. The summed E-state index contributed by atoms with van der Waals surface area (Å²) in [7, 11) is 0. The van der Waals surface area contributed by atoms with E-state index < -0.39 is 0 Å². The van der Waals surface area contributed by atoms with Crippen LogP contribution in [0.3, 0.4) is 0 Å². The molecule has 0 saturated heterocycles. The van der Waals surface area contributed by atoms with Crippen LogP contribution in [-0.2, 0) is 4.74 Å². The fourth-order valence-corrected chi connectivity index (χ4v) is 3.34. The van der Waals surface area contributed by atoms with E-state index >= 15 is 0 Å². The van der Waals surface area contributed by atoms with Crippen molar-refractivity contribution in [1.29, 1.82) is 5.26 Å². The molecular weight excluding hydrogens is 334 g/mol. The molecule has 0 amide bonds. The molecule has 3 heteroatoms. The van der Waals surface area contributed by atoms with E-state index in [2.05, 4.69) is 19.9 Å². The number of nitriles is 1. The fourth-order valence-electron chi connectivity index (χ4n) is 3.34. The lowest BCUT2D eigenvalue weighted by molar-refractivity contribution is 0.0253. The molecule has 0 N–H and O–H groups in total. The maximum atomic E-state index is 12.3. The number of carbonyl (C=O) groups is 1. The Balaban J connectivity index is 2.21. The smallest absolute Gasteiger partial charge is 0.338 e. The van der Waals surface area contributed by atoms with Crippen molar-refractivity contribution in [3.8, 4) is 6.07 Å². The zero-order valence-corrected chi connectivity index (χ0v) is 17.3. The molecular formula is C24H37NO2. The van der Waals surface area contributed by atoms with Crippen LogP contribution in [0.15, 0.2) is 24.3 Å². The van der Waals surface area contributed by atoms with Crippen LogP contribution < -0.4 is 0 Å². The lowest BCUT2D eigenvalue weighted by Gasteiger charge is -2.17. The van der Waals surface area contributed by atoms with Gasteiger partial charge in [0.25, 0.3) is 0 Å². The summed E-state index contributed by atoms with van der Waals surface area (Å²) in [6, 6.07) is 8.73. The first-order chi connectivity index (χ1) is 13.2. The van der Waals surface area contributed by atoms with E-state index in [0.717, 1.165) is 25.7 Å². The van der Waals surface area contributed by atoms with E-state index in [1.807, 2.05) is 0 Å². The minimum absolute atomic E-state index is 0.00665. The standard InChI is InChI=1S/C24H37NO2/c1-3-5-6-7-8-9-10-11-12-13-15-23(14-4-2)27-24(26)22-18-16-21(20-25)17-19-22/h16-19,23H,3-15H2,1-2H3. The number of rotatable bonds is 15. The van der Waals surface area contributed by atoms with Gasteiger partial charge >= 0.3 is 5.97 Å². The fraction of sp³-hybridized carbons (Fsp3) is 0.667. The van der Waals surface area contributed by atoms with Gasteiger partial charge in [0.05, 0.1) is 17.2 Å². The predicted octanol–water partition coefficient (Wildman–Crippen LogP) is 7.19. The summed E-state index contributed by atoms with van der Waals surface area (Å²) in [6.07, 6.45) is 16.1. The quantitative estimate of drug-likeness (QED) is 0.242. The molecule has 1 aromatic rings. The lowest BCUT2D eigenvalue weighted by atomic mass is 10.0. The molecule has 27 heavy (non-hydrogen) atoms. The first-order valence-corrected chi connectivity index (χ1v) is 10.9. The van der Waals surface area contributed by atoms with Gasteiger partial charge in [0, 0.05) is 0 Å². The molecule has 1 rings (SSSR count). The van der Waals surface area contributed by atoms with E-state index in [1.165, 1.54) is 57.8 Å². The summed E-state index contributed by atoms with van der Waals surface area (Å²) >= 11 is 0. The molecule has 1 atom stereocenters. The van der Waals surface area contributed by atoms with Crippen molar-refractivity contribution < 1.29 is 9.53 Å². The van der Waals surface area contributed by atoms with Gasteiger partial charge < -0.3 is 4.74 Å². The molecule has 0 spiro atoms. The monoisotopic (exact) mass is 371 g/mol. The van der Waals surface area contributed by atoms with Crippen LogP contribution in [0.2, 0.25) is 0 Å². The molecule has 0 bridgehead atoms. The number of hydrogen-bond donors (Lipinski definition) is 0. The van der Waals surface area contributed by atoms with E-state index in [-0.39, 0.29) is 12.1 Å². The summed E-state index contributed by atoms with van der Waals surface area (Å²) < 4.78 is 5.71. The third kappa shape index (κ3) is 10.8. The minimum Gasteiger partial charge on any atom is -0.459 e. The zero-order valence-electron chi connectivity index (χ0n) is 17.3. The van der Waals surface area contributed by atoms with Crippen molar-refractivity contribution in [1.82, 2.24) is 0 Å². The molecule has 150 valence electrons. The lowest BCUT2D eigenvalue weighted by Crippen LogP contribution is -2.18. The molecule has 0 aliphatic carbocycles. The van der Waals surface area contributed by atoms with Crippen LogP contribution >= 0.6 is 0 Å². The number of esters is 1. The van der Waals surface area contributed by atoms with Gasteiger partial charge in [-0.25, -0.2) is 4.79 Å². The van der Waals surface area contributed by atoms with Gasteiger partial charge in [-0.05, 0) is 43.5 Å². The summed E-state index contributed by atoms with van der Waals surface area (Å²) in [5.41, 5.74) is 1.08. The largest absolute Gasteiger partial charge is 0.459 e. The van der Waals surface area contributed by atoms with E-state index in [9.17, 15) is 4.79 Å². The van der Waals surface area contributed by atoms with Crippen LogP contribution in [0.25, 0.3) is 0 Å². The van der Waals surface area contributed by atoms with E-state index in [0.29, 0.717) is 11.1 Å². The highest BCUT2D eigenvalue weighted by Gasteiger charge is 2.15. The number of unbranched alkanes of at least 4 members (excludes halogenated alkanes) is 9. The van der Waals surface area contributed by atoms with Gasteiger partial charge in [-0.1, -0.05) is 78.1 Å². The Morgan fingerprint density at radius 2 is 1.41 bits per heavy atom. The second-order valence-corrected chi connectivity index (χ2v) is 7.48. The Kier molecular flexibility index (Phi) is 13.1. The number of nitrogens with zero attached hydrogens (tertiary/aromatic N) is 1. The number of hydrogen-bond acceptors (Lipinski definition) is 3. The van der Waals surface area contributed by atoms with E-state index in [1.54, 1.807) is 24.3 Å². The van der Waals surface area contributed by atoms with Crippen LogP contribution in [-0.4, -0.2) is 12.1 Å². The summed E-state index contributed by atoms with van der Waals surface area (Å²) in [4.78, 5) is 12.3. The molecule has 1 unspecified atom stereocenters. The molecule has 1 aromatic carbocycles. The van der Waals surface area contributed by atoms with Gasteiger partial charge in [-0.3, -0.25) is 0 Å². The first-order valence-electron chi connectivity index (χ1n) is 10.9. The van der Waals surface area contributed by atoms with Gasteiger partial charge in [-0.2, -0.15) is 5.26 Å². The van der Waals surface area contributed by atoms with Gasteiger partial charge in [0.1, 0.15) is 6.10 Å². The zero-order chi connectivity index (χ0) is 19.7. The van der Waals surface area contributed by atoms with Crippen molar-refractivity contribution >= 4 is 5.97 Å². The van der Waals surface area contributed by atoms with Crippen LogP contribution in [0, 0.1) is 11.3 Å². The highest BCUT2D eigenvalue weighted by atomic mass is 16.5. The highest BCUT2D eigenvalue weighted by Crippen LogP contribution is 2.17. The Morgan fingerprint density at radius 3 is 1.93 bits per heavy atom. The maximum absolute atomic E-state index is 12.3. The number of ether oxygens (including phenoxy) is 1. The van der Waals surface area contributed by atoms with Crippen molar-refractivity contribution in [2.24, 2.45) is 0 Å². The Bertz CT molecular complexity index is 544.